The summed E-state index contributed by atoms with van der Waals surface area (Å²) in [7, 11) is 1.71. The van der Waals surface area contributed by atoms with Gasteiger partial charge in [-0.3, -0.25) is 9.59 Å². The monoisotopic (exact) mass is 798 g/mol. The number of allylic oxidation sites excluding steroid dienone is 1. The van der Waals surface area contributed by atoms with Crippen LogP contribution in [0.25, 0.3) is 78.9 Å². The molecule has 0 spiro atoms. The van der Waals surface area contributed by atoms with Crippen molar-refractivity contribution >= 4 is 79.4 Å². The van der Waals surface area contributed by atoms with Crippen LogP contribution in [0, 0.1) is 0 Å². The predicted molar refractivity (Wildman–Crippen MR) is 248 cm³/mol. The Labute approximate surface area is 347 Å². The fraction of sp³-hybridized carbons (Fsp3) is 0.0566. The molecule has 2 aromatic heterocycles. The number of rotatable bonds is 5. The molecule has 6 heteroatoms. The molecule has 4 nitrogen and oxygen atoms in total. The van der Waals surface area contributed by atoms with Gasteiger partial charge in [-0.2, -0.15) is 0 Å². The lowest BCUT2D eigenvalue weighted by Crippen LogP contribution is -2.35. The molecule has 11 rings (SSSR count). The minimum atomic E-state index is -0.982. The molecule has 282 valence electrons. The van der Waals surface area contributed by atoms with E-state index >= 15 is 0 Å². The Balaban J connectivity index is 1.04. The van der Waals surface area contributed by atoms with Crippen LogP contribution in [-0.2, 0) is 5.60 Å². The Morgan fingerprint density at radius 2 is 0.915 bits per heavy atom. The van der Waals surface area contributed by atoms with Gasteiger partial charge in [0.05, 0.1) is 7.11 Å². The molecule has 0 unspecified atom stereocenters. The highest BCUT2D eigenvalue weighted by Crippen LogP contribution is 2.50. The van der Waals surface area contributed by atoms with Crippen LogP contribution in [0.1, 0.15) is 23.6 Å². The molecule has 59 heavy (non-hydrogen) atoms. The van der Waals surface area contributed by atoms with E-state index in [4.69, 9.17) is 9.47 Å². The molecular weight excluding hydrogens is 765 g/mol. The largest absolute Gasteiger partial charge is 0.496 e. The lowest BCUT2D eigenvalue weighted by Gasteiger charge is -2.38. The Bertz CT molecular complexity index is 3330. The van der Waals surface area contributed by atoms with E-state index in [1.165, 1.54) is 0 Å². The number of ether oxygens (including phenoxy) is 2. The van der Waals surface area contributed by atoms with Crippen molar-refractivity contribution in [2.24, 2.45) is 0 Å². The first-order valence-electron chi connectivity index (χ1n) is 19.5. The Morgan fingerprint density at radius 3 is 1.42 bits per heavy atom. The van der Waals surface area contributed by atoms with Gasteiger partial charge < -0.3 is 9.47 Å². The Morgan fingerprint density at radius 1 is 0.475 bits per heavy atom. The third kappa shape index (κ3) is 5.63. The van der Waals surface area contributed by atoms with Gasteiger partial charge in [0.2, 0.25) is 0 Å². The van der Waals surface area contributed by atoms with Crippen LogP contribution in [0.15, 0.2) is 179 Å². The maximum atomic E-state index is 13.6. The summed E-state index contributed by atoms with van der Waals surface area (Å²) in [6.45, 7) is 2.13. The van der Waals surface area contributed by atoms with Crippen LogP contribution >= 0.6 is 22.7 Å². The lowest BCUT2D eigenvalue weighted by molar-refractivity contribution is 0.162. The van der Waals surface area contributed by atoms with E-state index in [9.17, 15) is 9.59 Å². The SMILES string of the molecule is COc1cc2c(c3ccccc13)OC(c1ccc(-c3ccc4sc5ccccc5c(=O)c4c3)cc1)(c1ccc(-c3ccc4sc5ccccc5c(=O)c4c3)cc1)C=C2C. The van der Waals surface area contributed by atoms with E-state index in [0.717, 1.165) is 107 Å². The quantitative estimate of drug-likeness (QED) is 0.163. The molecule has 0 saturated heterocycles. The summed E-state index contributed by atoms with van der Waals surface area (Å²) >= 11 is 3.28. The molecule has 0 atom stereocenters. The van der Waals surface area contributed by atoms with Crippen molar-refractivity contribution in [1.82, 2.24) is 0 Å². The first-order valence-corrected chi connectivity index (χ1v) is 21.1. The van der Waals surface area contributed by atoms with Gasteiger partial charge in [-0.1, -0.05) is 109 Å². The molecular formula is C53H34O4S2. The summed E-state index contributed by atoms with van der Waals surface area (Å²) in [5.74, 6) is 1.60. The van der Waals surface area contributed by atoms with Crippen molar-refractivity contribution in [2.75, 3.05) is 7.11 Å². The van der Waals surface area contributed by atoms with Crippen molar-refractivity contribution in [3.8, 4) is 33.8 Å². The number of methoxy groups -OCH3 is 1. The molecule has 0 bridgehead atoms. The molecule has 1 aliphatic rings. The normalized spacial score (nSPS) is 13.4. The van der Waals surface area contributed by atoms with Crippen molar-refractivity contribution in [3.63, 3.8) is 0 Å². The standard InChI is InChI=1S/C53H34O4S2/c1-31-30-53(57-52-39-10-4-3-9-38(39)45(56-2)29-42(31)52,36-21-15-32(16-22-36)34-19-25-48-43(27-34)50(54)40-11-5-7-13-46(40)58-48)37-23-17-33(18-24-37)35-20-26-49-44(28-35)51(55)41-12-6-8-14-47(41)59-49/h3-30H,1-2H3. The van der Waals surface area contributed by atoms with Gasteiger partial charge in [-0.15, -0.1) is 22.7 Å². The number of hydrogen-bond donors (Lipinski definition) is 0. The second-order valence-electron chi connectivity index (χ2n) is 15.1. The average Bonchev–Trinajstić information content (AvgIpc) is 3.29. The third-order valence-corrected chi connectivity index (χ3v) is 14.0. The van der Waals surface area contributed by atoms with Crippen LogP contribution in [0.3, 0.4) is 0 Å². The van der Waals surface area contributed by atoms with E-state index in [-0.39, 0.29) is 10.9 Å². The van der Waals surface area contributed by atoms with Crippen LogP contribution in [0.4, 0.5) is 0 Å². The van der Waals surface area contributed by atoms with E-state index < -0.39 is 5.60 Å². The molecule has 10 aromatic rings. The molecule has 0 amide bonds. The smallest absolute Gasteiger partial charge is 0.195 e. The minimum Gasteiger partial charge on any atom is -0.496 e. The van der Waals surface area contributed by atoms with Gasteiger partial charge in [0.25, 0.3) is 0 Å². The molecule has 0 radical (unpaired) electrons. The molecule has 0 fully saturated rings. The fourth-order valence-corrected chi connectivity index (χ4v) is 10.8. The Kier molecular flexibility index (Phi) is 8.16. The maximum Gasteiger partial charge on any atom is 0.195 e. The van der Waals surface area contributed by atoms with Crippen LogP contribution in [0.5, 0.6) is 11.5 Å². The summed E-state index contributed by atoms with van der Waals surface area (Å²) in [6, 6.07) is 55.3. The van der Waals surface area contributed by atoms with E-state index in [1.807, 2.05) is 72.8 Å². The highest BCUT2D eigenvalue weighted by molar-refractivity contribution is 7.25. The fourth-order valence-electron chi connectivity index (χ4n) is 8.70. The number of benzene rings is 8. The summed E-state index contributed by atoms with van der Waals surface area (Å²) in [4.78, 5) is 27.2. The zero-order valence-electron chi connectivity index (χ0n) is 32.1. The predicted octanol–water partition coefficient (Wildman–Crippen LogP) is 13.4. The van der Waals surface area contributed by atoms with E-state index in [0.29, 0.717) is 0 Å². The molecule has 8 aromatic carbocycles. The summed E-state index contributed by atoms with van der Waals surface area (Å²) in [5, 5.41) is 4.91. The summed E-state index contributed by atoms with van der Waals surface area (Å²) in [6.07, 6.45) is 2.21. The maximum absolute atomic E-state index is 13.6. The molecule has 0 N–H and O–H groups in total. The highest BCUT2D eigenvalue weighted by Gasteiger charge is 2.39. The summed E-state index contributed by atoms with van der Waals surface area (Å²) < 4.78 is 17.2. The Hall–Kier alpha value is -6.86. The van der Waals surface area contributed by atoms with Crippen molar-refractivity contribution in [3.05, 3.63) is 207 Å². The minimum absolute atomic E-state index is 0.0557. The zero-order chi connectivity index (χ0) is 39.8. The molecule has 0 saturated carbocycles. The lowest BCUT2D eigenvalue weighted by atomic mass is 9.80. The number of fused-ring (bicyclic) bond motifs is 7. The zero-order valence-corrected chi connectivity index (χ0v) is 33.7. The molecule has 3 heterocycles. The highest BCUT2D eigenvalue weighted by atomic mass is 32.1. The van der Waals surface area contributed by atoms with Gasteiger partial charge in [0.15, 0.2) is 16.5 Å². The van der Waals surface area contributed by atoms with Crippen molar-refractivity contribution < 1.29 is 9.47 Å². The second-order valence-corrected chi connectivity index (χ2v) is 17.3. The molecule has 1 aliphatic heterocycles. The van der Waals surface area contributed by atoms with Crippen LogP contribution < -0.4 is 20.3 Å². The van der Waals surface area contributed by atoms with Crippen molar-refractivity contribution in [2.45, 2.75) is 12.5 Å². The average molecular weight is 799 g/mol. The third-order valence-electron chi connectivity index (χ3n) is 11.7. The first kappa shape index (κ1) is 35.3. The molecule has 0 aliphatic carbocycles. The second kappa shape index (κ2) is 13.6. The van der Waals surface area contributed by atoms with Gasteiger partial charge in [-0.05, 0) is 95.4 Å². The van der Waals surface area contributed by atoms with Gasteiger partial charge in [0.1, 0.15) is 11.5 Å². The van der Waals surface area contributed by atoms with E-state index in [1.54, 1.807) is 29.8 Å². The summed E-state index contributed by atoms with van der Waals surface area (Å²) in [5.41, 5.74) is 7.09. The first-order chi connectivity index (χ1) is 28.9. The van der Waals surface area contributed by atoms with Gasteiger partial charge >= 0.3 is 0 Å². The van der Waals surface area contributed by atoms with Crippen molar-refractivity contribution in [1.29, 1.82) is 0 Å². The van der Waals surface area contributed by atoms with Gasteiger partial charge in [0, 0.05) is 67.8 Å². The van der Waals surface area contributed by atoms with Gasteiger partial charge in [-0.25, -0.2) is 0 Å². The van der Waals surface area contributed by atoms with Crippen LogP contribution in [0.2, 0.25) is 0 Å². The van der Waals surface area contributed by atoms with E-state index in [2.05, 4.69) is 104 Å². The van der Waals surface area contributed by atoms with Crippen LogP contribution in [-0.4, -0.2) is 7.11 Å². The topological polar surface area (TPSA) is 52.6 Å². The number of hydrogen-bond acceptors (Lipinski definition) is 6.